The largest absolute Gasteiger partial charge is 0.339 e. The van der Waals surface area contributed by atoms with Crippen LogP contribution in [-0.2, 0) is 17.6 Å². The van der Waals surface area contributed by atoms with Crippen LogP contribution in [0, 0.1) is 5.92 Å². The quantitative estimate of drug-likeness (QED) is 0.897. The number of urea groups is 1. The van der Waals surface area contributed by atoms with Crippen molar-refractivity contribution in [3.63, 3.8) is 0 Å². The summed E-state index contributed by atoms with van der Waals surface area (Å²) in [5.41, 5.74) is 2.77. The summed E-state index contributed by atoms with van der Waals surface area (Å²) in [6, 6.07) is 8.76. The molecule has 5 heteroatoms. The van der Waals surface area contributed by atoms with Crippen molar-refractivity contribution in [2.24, 2.45) is 5.92 Å². The molecule has 1 aromatic carbocycles. The van der Waals surface area contributed by atoms with Gasteiger partial charge in [0.2, 0.25) is 5.91 Å². The highest BCUT2D eigenvalue weighted by atomic mass is 16.2. The second-order valence-electron chi connectivity index (χ2n) is 7.60. The van der Waals surface area contributed by atoms with E-state index in [0.717, 1.165) is 32.1 Å². The average molecular weight is 341 g/mol. The van der Waals surface area contributed by atoms with E-state index < -0.39 is 0 Å². The van der Waals surface area contributed by atoms with Crippen molar-refractivity contribution in [2.75, 3.05) is 26.2 Å². The molecule has 0 radical (unpaired) electrons. The Balaban J connectivity index is 1.26. The summed E-state index contributed by atoms with van der Waals surface area (Å²) in [6.45, 7) is 2.65. The van der Waals surface area contributed by atoms with Crippen molar-refractivity contribution < 1.29 is 9.59 Å². The lowest BCUT2D eigenvalue weighted by molar-refractivity contribution is -0.139. The number of carbonyl (C=O) groups excluding carboxylic acids is 2. The zero-order chi connectivity index (χ0) is 17.2. The van der Waals surface area contributed by atoms with E-state index in [0.29, 0.717) is 32.1 Å². The molecular formula is C20H27N3O2. The Morgan fingerprint density at radius 1 is 0.920 bits per heavy atom. The van der Waals surface area contributed by atoms with E-state index in [1.165, 1.54) is 17.5 Å². The van der Waals surface area contributed by atoms with Gasteiger partial charge in [-0.25, -0.2) is 4.79 Å². The number of hydrogen-bond donors (Lipinski definition) is 1. The van der Waals surface area contributed by atoms with Crippen LogP contribution in [0.25, 0.3) is 0 Å². The number of hydrogen-bond acceptors (Lipinski definition) is 2. The van der Waals surface area contributed by atoms with Gasteiger partial charge in [0.25, 0.3) is 0 Å². The van der Waals surface area contributed by atoms with Crippen molar-refractivity contribution in [3.05, 3.63) is 35.4 Å². The zero-order valence-corrected chi connectivity index (χ0v) is 14.7. The van der Waals surface area contributed by atoms with Gasteiger partial charge in [-0.1, -0.05) is 30.7 Å². The Labute approximate surface area is 149 Å². The summed E-state index contributed by atoms with van der Waals surface area (Å²) >= 11 is 0. The van der Waals surface area contributed by atoms with Crippen LogP contribution in [0.3, 0.4) is 0 Å². The fourth-order valence-electron chi connectivity index (χ4n) is 4.13. The van der Waals surface area contributed by atoms with Gasteiger partial charge in [-0.05, 0) is 43.2 Å². The molecule has 5 nitrogen and oxygen atoms in total. The molecule has 0 spiro atoms. The molecule has 3 amide bonds. The molecule has 1 aromatic rings. The van der Waals surface area contributed by atoms with Gasteiger partial charge in [-0.2, -0.15) is 0 Å². The lowest BCUT2D eigenvalue weighted by Gasteiger charge is -2.38. The number of aryl methyl sites for hydroxylation is 1. The first-order chi connectivity index (χ1) is 12.2. The fourth-order valence-corrected chi connectivity index (χ4v) is 4.13. The van der Waals surface area contributed by atoms with E-state index in [4.69, 9.17) is 0 Å². The zero-order valence-electron chi connectivity index (χ0n) is 14.7. The minimum absolute atomic E-state index is 0.0279. The third-order valence-electron chi connectivity index (χ3n) is 6.01. The fraction of sp³-hybridized carbons (Fsp3) is 0.600. The van der Waals surface area contributed by atoms with Crippen LogP contribution in [0.1, 0.15) is 36.8 Å². The number of amides is 3. The molecule has 0 aromatic heterocycles. The van der Waals surface area contributed by atoms with Crippen LogP contribution >= 0.6 is 0 Å². The Hall–Kier alpha value is -2.04. The Morgan fingerprint density at radius 2 is 1.60 bits per heavy atom. The molecule has 3 aliphatic rings. The minimum Gasteiger partial charge on any atom is -0.339 e. The summed E-state index contributed by atoms with van der Waals surface area (Å²) < 4.78 is 0. The molecule has 2 fully saturated rings. The van der Waals surface area contributed by atoms with Gasteiger partial charge in [0.15, 0.2) is 0 Å². The number of nitrogens with one attached hydrogen (secondary N) is 1. The molecule has 0 bridgehead atoms. The predicted molar refractivity (Wildman–Crippen MR) is 96.3 cm³/mol. The average Bonchev–Trinajstić information content (AvgIpc) is 2.60. The van der Waals surface area contributed by atoms with Gasteiger partial charge < -0.3 is 15.1 Å². The van der Waals surface area contributed by atoms with Crippen LogP contribution in [0.4, 0.5) is 4.79 Å². The molecule has 134 valence electrons. The van der Waals surface area contributed by atoms with E-state index in [-0.39, 0.29) is 18.0 Å². The Morgan fingerprint density at radius 3 is 2.28 bits per heavy atom. The summed E-state index contributed by atoms with van der Waals surface area (Å²) in [5.74, 6) is 0.554. The first-order valence-corrected chi connectivity index (χ1v) is 9.62. The normalized spacial score (nSPS) is 23.6. The molecule has 25 heavy (non-hydrogen) atoms. The molecule has 0 unspecified atom stereocenters. The highest BCUT2D eigenvalue weighted by Gasteiger charge is 2.32. The van der Waals surface area contributed by atoms with Gasteiger partial charge in [0.05, 0.1) is 0 Å². The van der Waals surface area contributed by atoms with Crippen molar-refractivity contribution in [1.29, 1.82) is 0 Å². The molecule has 1 saturated heterocycles. The highest BCUT2D eigenvalue weighted by molar-refractivity contribution is 5.80. The number of rotatable bonds is 2. The number of fused-ring (bicyclic) bond motifs is 1. The van der Waals surface area contributed by atoms with E-state index in [9.17, 15) is 9.59 Å². The van der Waals surface area contributed by atoms with Gasteiger partial charge in [-0.3, -0.25) is 4.79 Å². The van der Waals surface area contributed by atoms with Gasteiger partial charge >= 0.3 is 6.03 Å². The van der Waals surface area contributed by atoms with Crippen LogP contribution in [0.15, 0.2) is 24.3 Å². The smallest absolute Gasteiger partial charge is 0.317 e. The summed E-state index contributed by atoms with van der Waals surface area (Å²) in [4.78, 5) is 28.7. The standard InChI is InChI=1S/C20H27N3O2/c24-19(16-6-3-7-16)22-10-12-23(13-11-22)20(25)21-18-9-8-15-4-1-2-5-17(15)14-18/h1-2,4-5,16,18H,3,6-14H2,(H,21,25)/t18-/m0/s1. The number of nitrogens with zero attached hydrogens (tertiary/aromatic N) is 2. The summed E-state index contributed by atoms with van der Waals surface area (Å²) in [6.07, 6.45) is 6.23. The Kier molecular flexibility index (Phi) is 4.64. The summed E-state index contributed by atoms with van der Waals surface area (Å²) in [7, 11) is 0. The van der Waals surface area contributed by atoms with Crippen LogP contribution in [0.5, 0.6) is 0 Å². The monoisotopic (exact) mass is 341 g/mol. The molecule has 1 aliphatic heterocycles. The molecule has 1 atom stereocenters. The van der Waals surface area contributed by atoms with E-state index >= 15 is 0 Å². The van der Waals surface area contributed by atoms with Crippen LogP contribution < -0.4 is 5.32 Å². The molecule has 4 rings (SSSR count). The number of benzene rings is 1. The molecule has 1 saturated carbocycles. The van der Waals surface area contributed by atoms with Crippen LogP contribution in [-0.4, -0.2) is 54.0 Å². The van der Waals surface area contributed by atoms with Crippen molar-refractivity contribution in [2.45, 2.75) is 44.6 Å². The molecule has 1 heterocycles. The summed E-state index contributed by atoms with van der Waals surface area (Å²) in [5, 5.41) is 3.20. The van der Waals surface area contributed by atoms with Gasteiger partial charge in [0, 0.05) is 38.1 Å². The molecule has 1 N–H and O–H groups in total. The maximum Gasteiger partial charge on any atom is 0.317 e. The van der Waals surface area contributed by atoms with E-state index in [2.05, 4.69) is 29.6 Å². The third-order valence-corrected chi connectivity index (χ3v) is 6.01. The third kappa shape index (κ3) is 3.51. The van der Waals surface area contributed by atoms with E-state index in [1.54, 1.807) is 0 Å². The van der Waals surface area contributed by atoms with E-state index in [1.807, 2.05) is 9.80 Å². The molecular weight excluding hydrogens is 314 g/mol. The number of piperazine rings is 1. The Bertz CT molecular complexity index is 648. The lowest BCUT2D eigenvalue weighted by atomic mass is 9.84. The highest BCUT2D eigenvalue weighted by Crippen LogP contribution is 2.28. The van der Waals surface area contributed by atoms with Gasteiger partial charge in [-0.15, -0.1) is 0 Å². The van der Waals surface area contributed by atoms with Crippen molar-refractivity contribution in [3.8, 4) is 0 Å². The maximum absolute atomic E-state index is 12.6. The maximum atomic E-state index is 12.6. The second kappa shape index (κ2) is 7.06. The van der Waals surface area contributed by atoms with Crippen LogP contribution in [0.2, 0.25) is 0 Å². The second-order valence-corrected chi connectivity index (χ2v) is 7.60. The first kappa shape index (κ1) is 16.4. The topological polar surface area (TPSA) is 52.7 Å². The van der Waals surface area contributed by atoms with Gasteiger partial charge in [0.1, 0.15) is 0 Å². The lowest BCUT2D eigenvalue weighted by Crippen LogP contribution is -2.56. The molecule has 2 aliphatic carbocycles. The number of carbonyl (C=O) groups is 2. The van der Waals surface area contributed by atoms with Crippen molar-refractivity contribution >= 4 is 11.9 Å². The first-order valence-electron chi connectivity index (χ1n) is 9.62. The minimum atomic E-state index is 0.0279. The SMILES string of the molecule is O=C(N[C@H]1CCc2ccccc2C1)N1CCN(C(=O)C2CCC2)CC1. The predicted octanol–water partition coefficient (Wildman–Crippen LogP) is 2.20. The van der Waals surface area contributed by atoms with Crippen molar-refractivity contribution in [1.82, 2.24) is 15.1 Å².